The van der Waals surface area contributed by atoms with Gasteiger partial charge in [0, 0.05) is 31.9 Å². The molecule has 1 fully saturated rings. The minimum absolute atomic E-state index is 0.0759. The van der Waals surface area contributed by atoms with Crippen LogP contribution >= 0.6 is 0 Å². The van der Waals surface area contributed by atoms with E-state index in [4.69, 9.17) is 9.26 Å². The second-order valence-corrected chi connectivity index (χ2v) is 5.31. The summed E-state index contributed by atoms with van der Waals surface area (Å²) in [5.74, 6) is 1.03. The zero-order valence-corrected chi connectivity index (χ0v) is 12.9. The minimum Gasteiger partial charge on any atom is -0.490 e. The number of hydrogen-bond acceptors (Lipinski definition) is 6. The van der Waals surface area contributed by atoms with Gasteiger partial charge in [-0.25, -0.2) is 4.79 Å². The Morgan fingerprint density at radius 2 is 2.52 bits per heavy atom. The number of hydrogen-bond donors (Lipinski definition) is 2. The summed E-state index contributed by atoms with van der Waals surface area (Å²) in [5.41, 5.74) is 0.720. The van der Waals surface area contributed by atoms with Gasteiger partial charge in [0.2, 0.25) is 5.88 Å². The van der Waals surface area contributed by atoms with Crippen LogP contribution in [-0.4, -0.2) is 53.4 Å². The van der Waals surface area contributed by atoms with Crippen LogP contribution in [0.2, 0.25) is 0 Å². The van der Waals surface area contributed by atoms with Crippen molar-refractivity contribution in [1.29, 1.82) is 0 Å². The molecular weight excluding hydrogens is 298 g/mol. The van der Waals surface area contributed by atoms with Gasteiger partial charge < -0.3 is 19.5 Å². The fourth-order valence-electron chi connectivity index (χ4n) is 2.40. The molecule has 23 heavy (non-hydrogen) atoms. The zero-order chi connectivity index (χ0) is 16.1. The molecular formula is C15H19N5O3. The third-order valence-corrected chi connectivity index (χ3v) is 3.55. The van der Waals surface area contributed by atoms with Crippen molar-refractivity contribution < 1.29 is 14.1 Å². The summed E-state index contributed by atoms with van der Waals surface area (Å²) in [5, 5.41) is 9.75. The van der Waals surface area contributed by atoms with Gasteiger partial charge in [-0.3, -0.25) is 10.3 Å². The highest BCUT2D eigenvalue weighted by Crippen LogP contribution is 2.13. The lowest BCUT2D eigenvalue weighted by atomic mass is 10.2. The number of ether oxygens (including phenoxy) is 1. The number of amides is 2. The molecule has 3 heterocycles. The molecule has 8 heteroatoms. The lowest BCUT2D eigenvalue weighted by Gasteiger charge is -2.35. The van der Waals surface area contributed by atoms with E-state index in [9.17, 15) is 4.79 Å². The number of rotatable bonds is 4. The number of carbonyl (C=O) groups excluding carboxylic acids is 1. The van der Waals surface area contributed by atoms with E-state index in [0.29, 0.717) is 31.3 Å². The molecule has 1 aliphatic rings. The Labute approximate surface area is 133 Å². The van der Waals surface area contributed by atoms with Gasteiger partial charge in [0.1, 0.15) is 12.4 Å². The fraction of sp³-hybridized carbons (Fsp3) is 0.400. The number of nitrogens with zero attached hydrogens (tertiary/aromatic N) is 3. The van der Waals surface area contributed by atoms with E-state index in [-0.39, 0.29) is 12.1 Å². The van der Waals surface area contributed by atoms with Gasteiger partial charge in [-0.2, -0.15) is 0 Å². The van der Waals surface area contributed by atoms with E-state index in [1.807, 2.05) is 12.1 Å². The number of carbonyl (C=O) groups is 1. The third-order valence-electron chi connectivity index (χ3n) is 3.55. The first-order valence-electron chi connectivity index (χ1n) is 7.47. The van der Waals surface area contributed by atoms with Crippen molar-refractivity contribution in [1.82, 2.24) is 20.4 Å². The number of piperazine rings is 1. The second-order valence-electron chi connectivity index (χ2n) is 5.31. The average molecular weight is 317 g/mol. The Morgan fingerprint density at radius 3 is 3.26 bits per heavy atom. The molecule has 0 aromatic carbocycles. The number of anilines is 1. The summed E-state index contributed by atoms with van der Waals surface area (Å²) in [6.45, 7) is 4.20. The monoisotopic (exact) mass is 317 g/mol. The zero-order valence-electron chi connectivity index (χ0n) is 12.9. The number of nitrogens with one attached hydrogen (secondary N) is 2. The number of aryl methyl sites for hydroxylation is 1. The first kappa shape index (κ1) is 15.3. The normalized spacial score (nSPS) is 17.8. The molecule has 2 aromatic heterocycles. The topological polar surface area (TPSA) is 92.5 Å². The summed E-state index contributed by atoms with van der Waals surface area (Å²) in [6.07, 6.45) is 3.34. The smallest absolute Gasteiger partial charge is 0.324 e. The maximum absolute atomic E-state index is 12.4. The van der Waals surface area contributed by atoms with Gasteiger partial charge >= 0.3 is 6.03 Å². The first-order valence-corrected chi connectivity index (χ1v) is 7.47. The molecule has 0 radical (unpaired) electrons. The molecule has 2 N–H and O–H groups in total. The van der Waals surface area contributed by atoms with Crippen LogP contribution in [0.3, 0.4) is 0 Å². The standard InChI is InChI=1S/C15H19N5O3/c1-11-7-14(23-19-11)18-15(21)20-6-5-17-8-12(20)10-22-13-3-2-4-16-9-13/h2-4,7,9,12,17H,5-6,8,10H2,1H3,(H,18,21). The Balaban J connectivity index is 1.60. The molecule has 1 saturated heterocycles. The van der Waals surface area contributed by atoms with Gasteiger partial charge in [0.15, 0.2) is 0 Å². The summed E-state index contributed by atoms with van der Waals surface area (Å²) in [7, 11) is 0. The molecule has 1 atom stereocenters. The predicted molar refractivity (Wildman–Crippen MR) is 83.4 cm³/mol. The largest absolute Gasteiger partial charge is 0.490 e. The van der Waals surface area contributed by atoms with Crippen LogP contribution in [0.4, 0.5) is 10.7 Å². The highest BCUT2D eigenvalue weighted by Gasteiger charge is 2.27. The van der Waals surface area contributed by atoms with Crippen molar-refractivity contribution >= 4 is 11.9 Å². The maximum Gasteiger partial charge on any atom is 0.324 e. The highest BCUT2D eigenvalue weighted by atomic mass is 16.5. The lowest BCUT2D eigenvalue weighted by Crippen LogP contribution is -2.57. The molecule has 3 rings (SSSR count). The number of pyridine rings is 1. The van der Waals surface area contributed by atoms with Gasteiger partial charge in [0.05, 0.1) is 17.9 Å². The SMILES string of the molecule is Cc1cc(NC(=O)N2CCNCC2COc2cccnc2)on1. The van der Waals surface area contributed by atoms with E-state index in [1.165, 1.54) is 0 Å². The minimum atomic E-state index is -0.220. The summed E-state index contributed by atoms with van der Waals surface area (Å²) in [4.78, 5) is 18.2. The van der Waals surface area contributed by atoms with Crippen molar-refractivity contribution in [2.24, 2.45) is 0 Å². The van der Waals surface area contributed by atoms with E-state index < -0.39 is 0 Å². The molecule has 0 spiro atoms. The Bertz CT molecular complexity index is 646. The van der Waals surface area contributed by atoms with Gasteiger partial charge in [0.25, 0.3) is 0 Å². The summed E-state index contributed by atoms with van der Waals surface area (Å²) >= 11 is 0. The Hall–Kier alpha value is -2.61. The summed E-state index contributed by atoms with van der Waals surface area (Å²) < 4.78 is 10.7. The van der Waals surface area contributed by atoms with Crippen LogP contribution in [0.5, 0.6) is 5.75 Å². The van der Waals surface area contributed by atoms with Crippen molar-refractivity contribution in [3.63, 3.8) is 0 Å². The average Bonchev–Trinajstić information content (AvgIpc) is 2.99. The highest BCUT2D eigenvalue weighted by molar-refractivity contribution is 5.88. The molecule has 2 amide bonds. The molecule has 1 aliphatic heterocycles. The quantitative estimate of drug-likeness (QED) is 0.882. The van der Waals surface area contributed by atoms with Crippen molar-refractivity contribution in [3.8, 4) is 5.75 Å². The lowest BCUT2D eigenvalue weighted by molar-refractivity contribution is 0.132. The van der Waals surface area contributed by atoms with Crippen molar-refractivity contribution in [2.75, 3.05) is 31.6 Å². The van der Waals surface area contributed by atoms with Crippen LogP contribution in [0.15, 0.2) is 35.1 Å². The van der Waals surface area contributed by atoms with Crippen molar-refractivity contribution in [2.45, 2.75) is 13.0 Å². The van der Waals surface area contributed by atoms with Crippen LogP contribution in [0.25, 0.3) is 0 Å². The van der Waals surface area contributed by atoms with E-state index in [0.717, 1.165) is 12.2 Å². The molecule has 0 saturated carbocycles. The van der Waals surface area contributed by atoms with E-state index in [2.05, 4.69) is 20.8 Å². The molecule has 8 nitrogen and oxygen atoms in total. The van der Waals surface area contributed by atoms with Crippen molar-refractivity contribution in [3.05, 3.63) is 36.3 Å². The second kappa shape index (κ2) is 7.10. The maximum atomic E-state index is 12.4. The predicted octanol–water partition coefficient (Wildman–Crippen LogP) is 1.26. The molecule has 0 bridgehead atoms. The van der Waals surface area contributed by atoms with E-state index >= 15 is 0 Å². The van der Waals surface area contributed by atoms with Crippen LogP contribution in [0, 0.1) is 6.92 Å². The molecule has 0 aliphatic carbocycles. The third kappa shape index (κ3) is 3.98. The number of aromatic nitrogens is 2. The van der Waals surface area contributed by atoms with Crippen LogP contribution in [-0.2, 0) is 0 Å². The molecule has 122 valence electrons. The first-order chi connectivity index (χ1) is 11.2. The van der Waals surface area contributed by atoms with Crippen LogP contribution in [0.1, 0.15) is 5.69 Å². The molecule has 2 aromatic rings. The van der Waals surface area contributed by atoms with E-state index in [1.54, 1.807) is 30.3 Å². The number of urea groups is 1. The fourth-order valence-corrected chi connectivity index (χ4v) is 2.40. The van der Waals surface area contributed by atoms with Crippen LogP contribution < -0.4 is 15.4 Å². The summed E-state index contributed by atoms with van der Waals surface area (Å²) in [6, 6.07) is 5.03. The van der Waals surface area contributed by atoms with Gasteiger partial charge in [-0.1, -0.05) is 5.16 Å². The Kier molecular flexibility index (Phi) is 4.72. The Morgan fingerprint density at radius 1 is 1.61 bits per heavy atom. The van der Waals surface area contributed by atoms with Gasteiger partial charge in [-0.05, 0) is 19.1 Å². The molecule has 1 unspecified atom stereocenters. The van der Waals surface area contributed by atoms with Gasteiger partial charge in [-0.15, -0.1) is 0 Å².